The van der Waals surface area contributed by atoms with E-state index < -0.39 is 11.6 Å². The number of nitrogens with zero attached hydrogens (tertiary/aromatic N) is 2. The van der Waals surface area contributed by atoms with Crippen LogP contribution in [0.15, 0.2) is 18.5 Å². The Balaban J connectivity index is 1.72. The number of benzene rings is 1. The van der Waals surface area contributed by atoms with Crippen LogP contribution < -0.4 is 5.32 Å². The lowest BCUT2D eigenvalue weighted by atomic mass is 9.86. The summed E-state index contributed by atoms with van der Waals surface area (Å²) >= 11 is 0. The van der Waals surface area contributed by atoms with Crippen molar-refractivity contribution >= 4 is 16.9 Å². The van der Waals surface area contributed by atoms with Crippen molar-refractivity contribution < 1.29 is 13.6 Å². The standard InChI is InChI=1S/C16H19F2N3O/c1-10-4-2-3-5-13(10)20-16(22)8-21-9-19-14-6-11(17)12(18)7-15(14)21/h6-7,9-10,13H,2-5,8H2,1H3,(H,20,22)/t10-,13-/m1/s1. The molecule has 6 heteroatoms. The smallest absolute Gasteiger partial charge is 0.240 e. The monoisotopic (exact) mass is 307 g/mol. The van der Waals surface area contributed by atoms with Gasteiger partial charge in [0.1, 0.15) is 6.54 Å². The van der Waals surface area contributed by atoms with Gasteiger partial charge >= 0.3 is 0 Å². The van der Waals surface area contributed by atoms with Crippen LogP contribution in [0.5, 0.6) is 0 Å². The van der Waals surface area contributed by atoms with Crippen LogP contribution in [0.3, 0.4) is 0 Å². The molecule has 1 N–H and O–H groups in total. The van der Waals surface area contributed by atoms with E-state index >= 15 is 0 Å². The Hall–Kier alpha value is -1.98. The van der Waals surface area contributed by atoms with Crippen molar-refractivity contribution in [2.45, 2.75) is 45.2 Å². The van der Waals surface area contributed by atoms with E-state index in [2.05, 4.69) is 17.2 Å². The molecule has 0 unspecified atom stereocenters. The van der Waals surface area contributed by atoms with Gasteiger partial charge in [0.25, 0.3) is 0 Å². The van der Waals surface area contributed by atoms with E-state index in [0.717, 1.165) is 31.4 Å². The quantitative estimate of drug-likeness (QED) is 0.947. The van der Waals surface area contributed by atoms with Gasteiger partial charge in [-0.3, -0.25) is 4.79 Å². The Morgan fingerprint density at radius 1 is 1.32 bits per heavy atom. The van der Waals surface area contributed by atoms with Crippen molar-refractivity contribution in [2.24, 2.45) is 5.92 Å². The third kappa shape index (κ3) is 2.96. The van der Waals surface area contributed by atoms with Crippen molar-refractivity contribution in [3.8, 4) is 0 Å². The highest BCUT2D eigenvalue weighted by molar-refractivity contribution is 5.80. The van der Waals surface area contributed by atoms with E-state index in [-0.39, 0.29) is 18.5 Å². The zero-order valence-electron chi connectivity index (χ0n) is 12.5. The van der Waals surface area contributed by atoms with Gasteiger partial charge in [-0.15, -0.1) is 0 Å². The summed E-state index contributed by atoms with van der Waals surface area (Å²) in [5, 5.41) is 3.04. The Morgan fingerprint density at radius 2 is 2.05 bits per heavy atom. The molecule has 118 valence electrons. The van der Waals surface area contributed by atoms with Gasteiger partial charge in [-0.2, -0.15) is 0 Å². The zero-order valence-corrected chi connectivity index (χ0v) is 12.5. The minimum atomic E-state index is -0.935. The van der Waals surface area contributed by atoms with E-state index in [9.17, 15) is 13.6 Å². The van der Waals surface area contributed by atoms with Crippen molar-refractivity contribution in [3.63, 3.8) is 0 Å². The van der Waals surface area contributed by atoms with Crippen molar-refractivity contribution in [2.75, 3.05) is 0 Å². The Bertz CT molecular complexity index is 698. The predicted molar refractivity (Wildman–Crippen MR) is 79.2 cm³/mol. The number of carbonyl (C=O) groups is 1. The number of rotatable bonds is 3. The van der Waals surface area contributed by atoms with Crippen molar-refractivity contribution in [1.29, 1.82) is 0 Å². The third-order valence-electron chi connectivity index (χ3n) is 4.43. The summed E-state index contributed by atoms with van der Waals surface area (Å²) in [4.78, 5) is 16.2. The van der Waals surface area contributed by atoms with Crippen LogP contribution in [-0.2, 0) is 11.3 Å². The molecule has 3 rings (SSSR count). The van der Waals surface area contributed by atoms with Gasteiger partial charge in [-0.1, -0.05) is 19.8 Å². The van der Waals surface area contributed by atoms with Crippen LogP contribution in [0.1, 0.15) is 32.6 Å². The summed E-state index contributed by atoms with van der Waals surface area (Å²) in [6, 6.07) is 2.32. The fourth-order valence-electron chi connectivity index (χ4n) is 3.12. The molecule has 0 bridgehead atoms. The number of halogens is 2. The normalized spacial score (nSPS) is 22.0. The van der Waals surface area contributed by atoms with Gasteiger partial charge < -0.3 is 9.88 Å². The number of carbonyl (C=O) groups excluding carboxylic acids is 1. The molecular weight excluding hydrogens is 288 g/mol. The van der Waals surface area contributed by atoms with Crippen LogP contribution in [0.4, 0.5) is 8.78 Å². The number of aromatic nitrogens is 2. The maximum atomic E-state index is 13.4. The molecule has 0 radical (unpaired) electrons. The largest absolute Gasteiger partial charge is 0.352 e. The molecule has 1 saturated carbocycles. The van der Waals surface area contributed by atoms with Crippen LogP contribution in [0, 0.1) is 17.6 Å². The number of hydrogen-bond donors (Lipinski definition) is 1. The molecule has 22 heavy (non-hydrogen) atoms. The molecule has 2 atom stereocenters. The molecule has 1 aromatic carbocycles. The number of hydrogen-bond acceptors (Lipinski definition) is 2. The molecule has 1 amide bonds. The molecule has 1 fully saturated rings. The number of imidazole rings is 1. The van der Waals surface area contributed by atoms with Gasteiger partial charge in [0.15, 0.2) is 11.6 Å². The zero-order chi connectivity index (χ0) is 15.7. The second-order valence-corrected chi connectivity index (χ2v) is 6.06. The van der Waals surface area contributed by atoms with Gasteiger partial charge in [0, 0.05) is 18.2 Å². The molecule has 1 aliphatic rings. The van der Waals surface area contributed by atoms with E-state index in [1.165, 1.54) is 12.7 Å². The molecule has 1 heterocycles. The average molecular weight is 307 g/mol. The maximum absolute atomic E-state index is 13.4. The minimum absolute atomic E-state index is 0.0603. The summed E-state index contributed by atoms with van der Waals surface area (Å²) in [7, 11) is 0. The summed E-state index contributed by atoms with van der Waals surface area (Å²) in [6.45, 7) is 2.21. The first-order valence-corrected chi connectivity index (χ1v) is 7.64. The minimum Gasteiger partial charge on any atom is -0.352 e. The van der Waals surface area contributed by atoms with Gasteiger partial charge in [-0.05, 0) is 18.8 Å². The maximum Gasteiger partial charge on any atom is 0.240 e. The van der Waals surface area contributed by atoms with Crippen LogP contribution >= 0.6 is 0 Å². The molecule has 0 saturated heterocycles. The summed E-state index contributed by atoms with van der Waals surface area (Å²) in [6.07, 6.45) is 5.91. The van der Waals surface area contributed by atoms with Crippen molar-refractivity contribution in [3.05, 3.63) is 30.1 Å². The average Bonchev–Trinajstić information content (AvgIpc) is 2.84. The highest BCUT2D eigenvalue weighted by atomic mass is 19.2. The summed E-state index contributed by atoms with van der Waals surface area (Å²) < 4.78 is 28.1. The molecular formula is C16H19F2N3O. The van der Waals surface area contributed by atoms with E-state index in [1.54, 1.807) is 4.57 Å². The van der Waals surface area contributed by atoms with Gasteiger partial charge in [-0.25, -0.2) is 13.8 Å². The number of fused-ring (bicyclic) bond motifs is 1. The third-order valence-corrected chi connectivity index (χ3v) is 4.43. The first-order chi connectivity index (χ1) is 10.5. The lowest BCUT2D eigenvalue weighted by Gasteiger charge is -2.29. The van der Waals surface area contributed by atoms with Crippen LogP contribution in [0.25, 0.3) is 11.0 Å². The summed E-state index contributed by atoms with van der Waals surface area (Å²) in [5.74, 6) is -1.51. The van der Waals surface area contributed by atoms with Gasteiger partial charge in [0.05, 0.1) is 17.4 Å². The Morgan fingerprint density at radius 3 is 2.82 bits per heavy atom. The van der Waals surface area contributed by atoms with Crippen LogP contribution in [0.2, 0.25) is 0 Å². The van der Waals surface area contributed by atoms with Gasteiger partial charge in [0.2, 0.25) is 5.91 Å². The number of nitrogens with one attached hydrogen (secondary N) is 1. The topological polar surface area (TPSA) is 46.9 Å². The summed E-state index contributed by atoms with van der Waals surface area (Å²) in [5.41, 5.74) is 0.767. The van der Waals surface area contributed by atoms with Crippen LogP contribution in [-0.4, -0.2) is 21.5 Å². The number of amides is 1. The second kappa shape index (κ2) is 6.02. The molecule has 1 aromatic heterocycles. The molecule has 0 aliphatic heterocycles. The lowest BCUT2D eigenvalue weighted by Crippen LogP contribution is -2.42. The van der Waals surface area contributed by atoms with Crippen molar-refractivity contribution in [1.82, 2.24) is 14.9 Å². The molecule has 4 nitrogen and oxygen atoms in total. The lowest BCUT2D eigenvalue weighted by molar-refractivity contribution is -0.122. The fourth-order valence-corrected chi connectivity index (χ4v) is 3.12. The first kappa shape index (κ1) is 14.9. The molecule has 1 aliphatic carbocycles. The molecule has 0 spiro atoms. The first-order valence-electron chi connectivity index (χ1n) is 7.64. The SMILES string of the molecule is C[C@@H]1CCCC[C@H]1NC(=O)Cn1cnc2cc(F)c(F)cc21. The highest BCUT2D eigenvalue weighted by Gasteiger charge is 2.23. The Kier molecular flexibility index (Phi) is 4.09. The second-order valence-electron chi connectivity index (χ2n) is 6.06. The van der Waals surface area contributed by atoms with E-state index in [1.807, 2.05) is 0 Å². The fraction of sp³-hybridized carbons (Fsp3) is 0.500. The Labute approximate surface area is 127 Å². The van der Waals surface area contributed by atoms with E-state index in [0.29, 0.717) is 17.0 Å². The van der Waals surface area contributed by atoms with E-state index in [4.69, 9.17) is 0 Å². The molecule has 2 aromatic rings. The predicted octanol–water partition coefficient (Wildman–Crippen LogP) is 3.01. The highest BCUT2D eigenvalue weighted by Crippen LogP contribution is 2.24.